The molecule has 0 aliphatic carbocycles. The minimum Gasteiger partial charge on any atom is -0.384 e. The number of rotatable bonds is 5. The molecule has 1 aliphatic rings. The highest BCUT2D eigenvalue weighted by Crippen LogP contribution is 2.43. The molecule has 0 spiro atoms. The van der Waals surface area contributed by atoms with E-state index < -0.39 is 0 Å². The largest absolute Gasteiger partial charge is 0.384 e. The lowest BCUT2D eigenvalue weighted by Gasteiger charge is -2.30. The van der Waals surface area contributed by atoms with E-state index in [0.29, 0.717) is 5.82 Å². The van der Waals surface area contributed by atoms with Crippen molar-refractivity contribution < 1.29 is 0 Å². The van der Waals surface area contributed by atoms with Gasteiger partial charge in [0, 0.05) is 30.7 Å². The summed E-state index contributed by atoms with van der Waals surface area (Å²) >= 11 is 3.51. The molecule has 140 valence electrons. The minimum absolute atomic E-state index is 0.0160. The van der Waals surface area contributed by atoms with E-state index >= 15 is 0 Å². The molecule has 1 aliphatic heterocycles. The molecule has 0 radical (unpaired) electrons. The standard InChI is InChI=1S/C22H20BrN5/c23-19-9-1-7-17(27-19)22(18-8-2-10-20(24)28-18)21(15-5-3-11-25-13-15)16-6-4-12-26-14-16/h1-3,5,7-14,21-22H,4,6H2,(H2,24,28). The summed E-state index contributed by atoms with van der Waals surface area (Å²) in [5.41, 5.74) is 10.2. The van der Waals surface area contributed by atoms with Crippen LogP contribution in [-0.2, 0) is 0 Å². The Morgan fingerprint density at radius 2 is 1.75 bits per heavy atom. The molecule has 28 heavy (non-hydrogen) atoms. The molecule has 0 saturated carbocycles. The van der Waals surface area contributed by atoms with Crippen molar-refractivity contribution in [2.75, 3.05) is 5.73 Å². The average Bonchev–Trinajstić information content (AvgIpc) is 2.73. The average molecular weight is 434 g/mol. The summed E-state index contributed by atoms with van der Waals surface area (Å²) in [7, 11) is 0. The number of aromatic nitrogens is 3. The number of allylic oxidation sites excluding steroid dienone is 1. The molecule has 2 unspecified atom stereocenters. The summed E-state index contributed by atoms with van der Waals surface area (Å²) in [6.07, 6.45) is 9.50. The number of halogens is 1. The first-order valence-electron chi connectivity index (χ1n) is 9.18. The van der Waals surface area contributed by atoms with Gasteiger partial charge in [0.25, 0.3) is 0 Å². The van der Waals surface area contributed by atoms with Gasteiger partial charge in [-0.15, -0.1) is 0 Å². The first-order valence-corrected chi connectivity index (χ1v) is 9.97. The normalized spacial score (nSPS) is 15.7. The molecular formula is C22H20BrN5. The molecule has 0 amide bonds. The third kappa shape index (κ3) is 4.02. The zero-order valence-corrected chi connectivity index (χ0v) is 16.8. The maximum absolute atomic E-state index is 6.03. The first-order chi connectivity index (χ1) is 13.7. The molecular weight excluding hydrogens is 414 g/mol. The predicted octanol–water partition coefficient (Wildman–Crippen LogP) is 4.88. The van der Waals surface area contributed by atoms with Crippen LogP contribution in [0.5, 0.6) is 0 Å². The van der Waals surface area contributed by atoms with Gasteiger partial charge in [-0.2, -0.15) is 0 Å². The van der Waals surface area contributed by atoms with Gasteiger partial charge in [0.05, 0.1) is 17.3 Å². The van der Waals surface area contributed by atoms with E-state index in [2.05, 4.69) is 37.0 Å². The van der Waals surface area contributed by atoms with Crippen LogP contribution >= 0.6 is 15.9 Å². The maximum atomic E-state index is 6.03. The van der Waals surface area contributed by atoms with Crippen LogP contribution < -0.4 is 5.73 Å². The quantitative estimate of drug-likeness (QED) is 0.581. The van der Waals surface area contributed by atoms with Crippen molar-refractivity contribution in [1.82, 2.24) is 15.0 Å². The third-order valence-electron chi connectivity index (χ3n) is 4.85. The van der Waals surface area contributed by atoms with Gasteiger partial charge in [0.15, 0.2) is 0 Å². The van der Waals surface area contributed by atoms with Crippen LogP contribution in [0.15, 0.2) is 82.3 Å². The number of nitrogens with zero attached hydrogens (tertiary/aromatic N) is 4. The van der Waals surface area contributed by atoms with Gasteiger partial charge >= 0.3 is 0 Å². The van der Waals surface area contributed by atoms with Crippen molar-refractivity contribution in [3.63, 3.8) is 0 Å². The second-order valence-electron chi connectivity index (χ2n) is 6.69. The number of anilines is 1. The number of aliphatic imine (C=N–C) groups is 1. The molecule has 0 fully saturated rings. The lowest BCUT2D eigenvalue weighted by molar-refractivity contribution is 0.621. The molecule has 2 N–H and O–H groups in total. The van der Waals surface area contributed by atoms with Gasteiger partial charge in [-0.25, -0.2) is 9.97 Å². The molecule has 3 aromatic rings. The van der Waals surface area contributed by atoms with E-state index in [1.54, 1.807) is 12.3 Å². The molecule has 5 nitrogen and oxygen atoms in total. The lowest BCUT2D eigenvalue weighted by Crippen LogP contribution is -2.19. The van der Waals surface area contributed by atoms with Crippen LogP contribution in [0.1, 0.15) is 41.6 Å². The van der Waals surface area contributed by atoms with Crippen molar-refractivity contribution in [3.8, 4) is 0 Å². The number of nitrogens with two attached hydrogens (primary N) is 1. The van der Waals surface area contributed by atoms with E-state index in [1.807, 2.05) is 55.0 Å². The Hall–Kier alpha value is -2.86. The summed E-state index contributed by atoms with van der Waals surface area (Å²) in [6.45, 7) is 0. The molecule has 6 heteroatoms. The summed E-state index contributed by atoms with van der Waals surface area (Å²) in [5, 5.41) is 0. The van der Waals surface area contributed by atoms with E-state index in [4.69, 9.17) is 10.7 Å². The van der Waals surface area contributed by atoms with Gasteiger partial charge in [-0.3, -0.25) is 9.98 Å². The number of hydrogen-bond acceptors (Lipinski definition) is 5. The lowest BCUT2D eigenvalue weighted by atomic mass is 9.76. The van der Waals surface area contributed by atoms with Crippen LogP contribution in [0.4, 0.5) is 5.82 Å². The van der Waals surface area contributed by atoms with Crippen LogP contribution in [-0.4, -0.2) is 21.2 Å². The molecule has 0 saturated heterocycles. The van der Waals surface area contributed by atoms with Crippen LogP contribution in [0.3, 0.4) is 0 Å². The van der Waals surface area contributed by atoms with Crippen LogP contribution in [0, 0.1) is 0 Å². The second kappa shape index (κ2) is 8.44. The van der Waals surface area contributed by atoms with Gasteiger partial charge in [0.2, 0.25) is 0 Å². The fourth-order valence-electron chi connectivity index (χ4n) is 3.67. The Balaban J connectivity index is 1.93. The summed E-state index contributed by atoms with van der Waals surface area (Å²) in [5.74, 6) is 0.407. The van der Waals surface area contributed by atoms with Crippen molar-refractivity contribution in [2.45, 2.75) is 24.7 Å². The van der Waals surface area contributed by atoms with Gasteiger partial charge < -0.3 is 5.73 Å². The van der Waals surface area contributed by atoms with E-state index in [9.17, 15) is 0 Å². The van der Waals surface area contributed by atoms with Gasteiger partial charge in [-0.1, -0.05) is 18.2 Å². The Labute approximate surface area is 172 Å². The molecule has 3 aromatic heterocycles. The van der Waals surface area contributed by atoms with Crippen LogP contribution in [0.25, 0.3) is 0 Å². The fraction of sp³-hybridized carbons (Fsp3) is 0.182. The Morgan fingerprint density at radius 3 is 2.43 bits per heavy atom. The summed E-state index contributed by atoms with van der Waals surface area (Å²) in [4.78, 5) is 18.2. The topological polar surface area (TPSA) is 77.0 Å². The third-order valence-corrected chi connectivity index (χ3v) is 5.29. The molecule has 4 rings (SSSR count). The Morgan fingerprint density at radius 1 is 0.929 bits per heavy atom. The van der Waals surface area contributed by atoms with Crippen molar-refractivity contribution in [3.05, 3.63) is 94.3 Å². The van der Waals surface area contributed by atoms with E-state index in [1.165, 1.54) is 5.57 Å². The zero-order valence-electron chi connectivity index (χ0n) is 15.2. The van der Waals surface area contributed by atoms with Crippen molar-refractivity contribution in [2.24, 2.45) is 4.99 Å². The summed E-state index contributed by atoms with van der Waals surface area (Å²) in [6, 6.07) is 15.8. The molecule has 2 atom stereocenters. The number of nitrogen functional groups attached to an aromatic ring is 1. The molecule has 4 heterocycles. The van der Waals surface area contributed by atoms with E-state index in [-0.39, 0.29) is 11.8 Å². The smallest absolute Gasteiger partial charge is 0.123 e. The highest BCUT2D eigenvalue weighted by Gasteiger charge is 2.32. The molecule has 0 aromatic carbocycles. The zero-order chi connectivity index (χ0) is 19.3. The molecule has 0 bridgehead atoms. The maximum Gasteiger partial charge on any atom is 0.123 e. The monoisotopic (exact) mass is 433 g/mol. The SMILES string of the molecule is Nc1cccc(C(c2cccc(Br)n2)C(C2=CN=CCC2)c2cccnc2)n1. The van der Waals surface area contributed by atoms with Gasteiger partial charge in [-0.05, 0) is 70.2 Å². The second-order valence-corrected chi connectivity index (χ2v) is 7.50. The van der Waals surface area contributed by atoms with Gasteiger partial charge in [0.1, 0.15) is 10.4 Å². The van der Waals surface area contributed by atoms with Crippen molar-refractivity contribution >= 4 is 28.0 Å². The van der Waals surface area contributed by atoms with E-state index in [0.717, 1.165) is 34.4 Å². The first kappa shape index (κ1) is 18.5. The Kier molecular flexibility index (Phi) is 5.58. The van der Waals surface area contributed by atoms with Crippen LogP contribution in [0.2, 0.25) is 0 Å². The number of hydrogen-bond donors (Lipinski definition) is 1. The van der Waals surface area contributed by atoms with Crippen molar-refractivity contribution in [1.29, 1.82) is 0 Å². The highest BCUT2D eigenvalue weighted by atomic mass is 79.9. The minimum atomic E-state index is -0.107. The Bertz CT molecular complexity index is 971. The predicted molar refractivity (Wildman–Crippen MR) is 115 cm³/mol. The number of pyridine rings is 3. The summed E-state index contributed by atoms with van der Waals surface area (Å²) < 4.78 is 0.791. The fourth-order valence-corrected chi connectivity index (χ4v) is 4.02. The highest BCUT2D eigenvalue weighted by molar-refractivity contribution is 9.10.